The molecule has 2 aliphatic rings. The molecule has 0 N–H and O–H groups in total. The Kier molecular flexibility index (Phi) is 3.91. The third kappa shape index (κ3) is 3.17. The highest BCUT2D eigenvalue weighted by Gasteiger charge is 2.28. The number of likely N-dealkylation sites (tertiary alicyclic amines) is 1. The van der Waals surface area contributed by atoms with Gasteiger partial charge in [0.15, 0.2) is 0 Å². The molecule has 0 atom stereocenters. The molecule has 2 aromatic heterocycles. The summed E-state index contributed by atoms with van der Waals surface area (Å²) in [6, 6.07) is 3.63. The topological polar surface area (TPSA) is 63.9 Å². The van der Waals surface area contributed by atoms with E-state index in [1.807, 2.05) is 6.07 Å². The van der Waals surface area contributed by atoms with E-state index in [-0.39, 0.29) is 5.56 Å². The van der Waals surface area contributed by atoms with Crippen LogP contribution < -0.4 is 5.56 Å². The number of aromatic nitrogens is 4. The van der Waals surface area contributed by atoms with Crippen LogP contribution in [-0.2, 0) is 25.9 Å². The molecule has 2 aromatic rings. The van der Waals surface area contributed by atoms with Gasteiger partial charge in [0, 0.05) is 37.5 Å². The first-order valence-electron chi connectivity index (χ1n) is 8.36. The second kappa shape index (κ2) is 6.20. The van der Waals surface area contributed by atoms with E-state index < -0.39 is 0 Å². The molecule has 3 heterocycles. The SMILES string of the molecule is O=c1cc2c(nn1CC1CN(Cc3ncccn3)C1)CCCC2. The van der Waals surface area contributed by atoms with E-state index in [2.05, 4.69) is 20.0 Å². The molecule has 1 aliphatic heterocycles. The summed E-state index contributed by atoms with van der Waals surface area (Å²) in [7, 11) is 0. The third-order valence-corrected chi connectivity index (χ3v) is 4.72. The van der Waals surface area contributed by atoms with Crippen LogP contribution >= 0.6 is 0 Å². The van der Waals surface area contributed by atoms with Gasteiger partial charge in [-0.2, -0.15) is 5.10 Å². The molecule has 0 radical (unpaired) electrons. The largest absolute Gasteiger partial charge is 0.295 e. The predicted molar refractivity (Wildman–Crippen MR) is 85.9 cm³/mol. The van der Waals surface area contributed by atoms with Crippen LogP contribution in [0.3, 0.4) is 0 Å². The second-order valence-electron chi connectivity index (χ2n) is 6.57. The minimum atomic E-state index is 0.0514. The van der Waals surface area contributed by atoms with Gasteiger partial charge in [0.25, 0.3) is 5.56 Å². The van der Waals surface area contributed by atoms with Crippen molar-refractivity contribution in [1.82, 2.24) is 24.6 Å². The lowest BCUT2D eigenvalue weighted by Gasteiger charge is -2.38. The highest BCUT2D eigenvalue weighted by atomic mass is 16.1. The van der Waals surface area contributed by atoms with Crippen molar-refractivity contribution >= 4 is 0 Å². The molecular formula is C17H21N5O. The molecule has 0 spiro atoms. The van der Waals surface area contributed by atoms with Gasteiger partial charge in [-0.15, -0.1) is 0 Å². The molecule has 0 unspecified atom stereocenters. The van der Waals surface area contributed by atoms with E-state index in [0.29, 0.717) is 5.92 Å². The van der Waals surface area contributed by atoms with Gasteiger partial charge in [-0.25, -0.2) is 14.6 Å². The molecule has 0 saturated carbocycles. The van der Waals surface area contributed by atoms with Crippen molar-refractivity contribution in [3.05, 3.63) is 52.0 Å². The molecule has 1 saturated heterocycles. The maximum absolute atomic E-state index is 12.2. The fourth-order valence-electron chi connectivity index (χ4n) is 3.51. The van der Waals surface area contributed by atoms with Crippen molar-refractivity contribution < 1.29 is 0 Å². The Morgan fingerprint density at radius 1 is 1.13 bits per heavy atom. The minimum absolute atomic E-state index is 0.0514. The van der Waals surface area contributed by atoms with Gasteiger partial charge in [-0.05, 0) is 37.3 Å². The maximum Gasteiger partial charge on any atom is 0.267 e. The van der Waals surface area contributed by atoms with Crippen LogP contribution in [0.25, 0.3) is 0 Å². The first-order valence-corrected chi connectivity index (χ1v) is 8.36. The number of rotatable bonds is 4. The van der Waals surface area contributed by atoms with E-state index in [1.54, 1.807) is 23.1 Å². The maximum atomic E-state index is 12.2. The van der Waals surface area contributed by atoms with Gasteiger partial charge < -0.3 is 0 Å². The molecule has 120 valence electrons. The summed E-state index contributed by atoms with van der Waals surface area (Å²) >= 11 is 0. The van der Waals surface area contributed by atoms with Crippen molar-refractivity contribution in [2.24, 2.45) is 5.92 Å². The Morgan fingerprint density at radius 2 is 1.91 bits per heavy atom. The van der Waals surface area contributed by atoms with Crippen LogP contribution in [-0.4, -0.2) is 37.7 Å². The lowest BCUT2D eigenvalue weighted by Crippen LogP contribution is -2.49. The first kappa shape index (κ1) is 14.5. The summed E-state index contributed by atoms with van der Waals surface area (Å²) < 4.78 is 1.67. The normalized spacial score (nSPS) is 18.4. The number of hydrogen-bond acceptors (Lipinski definition) is 5. The standard InChI is InChI=1S/C17H21N5O/c23-17-8-14-4-1-2-5-15(14)20-22(17)11-13-9-21(10-13)12-16-18-6-3-7-19-16/h3,6-8,13H,1-2,4-5,9-12H2. The Morgan fingerprint density at radius 3 is 2.74 bits per heavy atom. The molecule has 6 heteroatoms. The molecular weight excluding hydrogens is 290 g/mol. The highest BCUT2D eigenvalue weighted by molar-refractivity contribution is 5.20. The van der Waals surface area contributed by atoms with Crippen LogP contribution in [0.5, 0.6) is 0 Å². The lowest BCUT2D eigenvalue weighted by molar-refractivity contribution is 0.0738. The van der Waals surface area contributed by atoms with Gasteiger partial charge in [-0.3, -0.25) is 9.69 Å². The number of hydrogen-bond donors (Lipinski definition) is 0. The summed E-state index contributed by atoms with van der Waals surface area (Å²) in [4.78, 5) is 23.0. The van der Waals surface area contributed by atoms with Crippen LogP contribution in [0.4, 0.5) is 0 Å². The number of aryl methyl sites for hydroxylation is 2. The molecule has 6 nitrogen and oxygen atoms in total. The molecule has 1 fully saturated rings. The fraction of sp³-hybridized carbons (Fsp3) is 0.529. The van der Waals surface area contributed by atoms with E-state index in [0.717, 1.165) is 56.1 Å². The van der Waals surface area contributed by atoms with E-state index in [9.17, 15) is 4.79 Å². The zero-order chi connectivity index (χ0) is 15.6. The lowest BCUT2D eigenvalue weighted by atomic mass is 9.96. The molecule has 4 rings (SSSR count). The molecule has 0 aromatic carbocycles. The van der Waals surface area contributed by atoms with Crippen molar-refractivity contribution in [3.8, 4) is 0 Å². The van der Waals surface area contributed by atoms with Crippen molar-refractivity contribution in [1.29, 1.82) is 0 Å². The highest BCUT2D eigenvalue weighted by Crippen LogP contribution is 2.20. The zero-order valence-corrected chi connectivity index (χ0v) is 13.2. The van der Waals surface area contributed by atoms with Gasteiger partial charge in [0.1, 0.15) is 5.82 Å². The van der Waals surface area contributed by atoms with Crippen molar-refractivity contribution in [2.75, 3.05) is 13.1 Å². The van der Waals surface area contributed by atoms with Gasteiger partial charge >= 0.3 is 0 Å². The number of fused-ring (bicyclic) bond motifs is 1. The Bertz CT molecular complexity index is 736. The van der Waals surface area contributed by atoms with Crippen LogP contribution in [0, 0.1) is 5.92 Å². The molecule has 0 bridgehead atoms. The Hall–Kier alpha value is -2.08. The molecule has 23 heavy (non-hydrogen) atoms. The molecule has 1 aliphatic carbocycles. The summed E-state index contributed by atoms with van der Waals surface area (Å²) in [5, 5.41) is 4.60. The monoisotopic (exact) mass is 311 g/mol. The average molecular weight is 311 g/mol. The Labute approximate surface area is 135 Å². The average Bonchev–Trinajstić information content (AvgIpc) is 2.54. The van der Waals surface area contributed by atoms with Crippen LogP contribution in [0.1, 0.15) is 29.9 Å². The summed E-state index contributed by atoms with van der Waals surface area (Å²) in [6.45, 7) is 3.45. The summed E-state index contributed by atoms with van der Waals surface area (Å²) in [6.07, 6.45) is 7.93. The summed E-state index contributed by atoms with van der Waals surface area (Å²) in [5.41, 5.74) is 2.34. The minimum Gasteiger partial charge on any atom is -0.295 e. The van der Waals surface area contributed by atoms with Crippen LogP contribution in [0.15, 0.2) is 29.3 Å². The number of nitrogens with zero attached hydrogens (tertiary/aromatic N) is 5. The van der Waals surface area contributed by atoms with Gasteiger partial charge in [0.2, 0.25) is 0 Å². The Balaban J connectivity index is 1.36. The van der Waals surface area contributed by atoms with Crippen molar-refractivity contribution in [2.45, 2.75) is 38.8 Å². The van der Waals surface area contributed by atoms with Gasteiger partial charge in [-0.1, -0.05) is 0 Å². The summed E-state index contributed by atoms with van der Waals surface area (Å²) in [5.74, 6) is 1.35. The quantitative estimate of drug-likeness (QED) is 0.844. The predicted octanol–water partition coefficient (Wildman–Crippen LogP) is 1.04. The van der Waals surface area contributed by atoms with Crippen molar-refractivity contribution in [3.63, 3.8) is 0 Å². The first-order chi connectivity index (χ1) is 11.3. The smallest absolute Gasteiger partial charge is 0.267 e. The van der Waals surface area contributed by atoms with E-state index in [4.69, 9.17) is 0 Å². The van der Waals surface area contributed by atoms with Crippen LogP contribution in [0.2, 0.25) is 0 Å². The fourth-order valence-corrected chi connectivity index (χ4v) is 3.51. The molecule has 0 amide bonds. The van der Waals surface area contributed by atoms with E-state index in [1.165, 1.54) is 12.8 Å². The van der Waals surface area contributed by atoms with E-state index >= 15 is 0 Å². The third-order valence-electron chi connectivity index (χ3n) is 4.72. The zero-order valence-electron chi connectivity index (χ0n) is 13.2. The van der Waals surface area contributed by atoms with Gasteiger partial charge in [0.05, 0.1) is 18.8 Å². The second-order valence-corrected chi connectivity index (χ2v) is 6.57.